The van der Waals surface area contributed by atoms with Gasteiger partial charge in [-0.15, -0.1) is 0 Å². The molecule has 3 heteroatoms. The van der Waals surface area contributed by atoms with Gasteiger partial charge in [-0.3, -0.25) is 4.79 Å². The first kappa shape index (κ1) is 16.7. The van der Waals surface area contributed by atoms with E-state index in [0.717, 1.165) is 25.9 Å². The summed E-state index contributed by atoms with van der Waals surface area (Å²) in [4.78, 5) is 14.4. The van der Waals surface area contributed by atoms with Crippen LogP contribution in [0.5, 0.6) is 0 Å². The fourth-order valence-electron chi connectivity index (χ4n) is 2.61. The number of rotatable bonds is 8. The third kappa shape index (κ3) is 4.64. The molecule has 0 radical (unpaired) electrons. The van der Waals surface area contributed by atoms with Crippen molar-refractivity contribution in [1.29, 1.82) is 0 Å². The molecule has 2 N–H and O–H groups in total. The fourth-order valence-corrected chi connectivity index (χ4v) is 2.61. The molecule has 0 aliphatic heterocycles. The van der Waals surface area contributed by atoms with E-state index < -0.39 is 0 Å². The molecule has 3 nitrogen and oxygen atoms in total. The minimum absolute atomic E-state index is 0.125. The lowest BCUT2D eigenvalue weighted by Crippen LogP contribution is -2.34. The summed E-state index contributed by atoms with van der Waals surface area (Å²) >= 11 is 0. The van der Waals surface area contributed by atoms with Gasteiger partial charge in [0.05, 0.1) is 0 Å². The van der Waals surface area contributed by atoms with Crippen LogP contribution in [0.3, 0.4) is 0 Å². The van der Waals surface area contributed by atoms with E-state index in [4.69, 9.17) is 5.73 Å². The molecule has 1 unspecified atom stereocenters. The van der Waals surface area contributed by atoms with E-state index in [1.807, 2.05) is 17.0 Å². The van der Waals surface area contributed by atoms with Crippen LogP contribution in [0.15, 0.2) is 24.3 Å². The first-order chi connectivity index (χ1) is 9.63. The lowest BCUT2D eigenvalue weighted by Gasteiger charge is -2.25. The predicted octanol–water partition coefficient (Wildman–Crippen LogP) is 3.08. The Hall–Kier alpha value is -1.35. The number of aryl methyl sites for hydroxylation is 1. The zero-order valence-electron chi connectivity index (χ0n) is 13.1. The van der Waals surface area contributed by atoms with Gasteiger partial charge in [0.1, 0.15) is 0 Å². The van der Waals surface area contributed by atoms with Gasteiger partial charge in [0.25, 0.3) is 0 Å². The Balaban J connectivity index is 2.77. The van der Waals surface area contributed by atoms with Crippen LogP contribution >= 0.6 is 0 Å². The highest BCUT2D eigenvalue weighted by molar-refractivity contribution is 5.77. The third-order valence-electron chi connectivity index (χ3n) is 3.67. The molecule has 20 heavy (non-hydrogen) atoms. The van der Waals surface area contributed by atoms with Crippen LogP contribution in [-0.4, -0.2) is 30.4 Å². The molecule has 1 rings (SSSR count). The van der Waals surface area contributed by atoms with Gasteiger partial charge >= 0.3 is 0 Å². The number of carbonyl (C=O) groups excluding carboxylic acids is 1. The van der Waals surface area contributed by atoms with E-state index in [1.54, 1.807) is 0 Å². The average Bonchev–Trinajstić information content (AvgIpc) is 2.45. The molecule has 0 fully saturated rings. The normalized spacial score (nSPS) is 12.2. The molecule has 0 aliphatic carbocycles. The molecule has 112 valence electrons. The Morgan fingerprint density at radius 1 is 1.20 bits per heavy atom. The van der Waals surface area contributed by atoms with E-state index >= 15 is 0 Å². The van der Waals surface area contributed by atoms with Crippen molar-refractivity contribution in [3.8, 4) is 0 Å². The number of hydrogen-bond acceptors (Lipinski definition) is 2. The van der Waals surface area contributed by atoms with Crippen molar-refractivity contribution in [3.05, 3.63) is 35.4 Å². The van der Waals surface area contributed by atoms with Crippen molar-refractivity contribution in [2.45, 2.75) is 46.0 Å². The number of carbonyl (C=O) groups is 1. The Kier molecular flexibility index (Phi) is 7.31. The maximum absolute atomic E-state index is 12.4. The highest BCUT2D eigenvalue weighted by Gasteiger charge is 2.19. The van der Waals surface area contributed by atoms with Crippen LogP contribution < -0.4 is 5.73 Å². The maximum Gasteiger partial charge on any atom is 0.223 e. The summed E-state index contributed by atoms with van der Waals surface area (Å²) < 4.78 is 0. The summed E-state index contributed by atoms with van der Waals surface area (Å²) in [6.45, 7) is 8.51. The largest absolute Gasteiger partial charge is 0.343 e. The molecule has 0 aliphatic rings. The molecule has 0 saturated carbocycles. The van der Waals surface area contributed by atoms with E-state index in [0.29, 0.717) is 13.0 Å². The minimum atomic E-state index is 0.125. The van der Waals surface area contributed by atoms with E-state index in [-0.39, 0.29) is 11.8 Å². The Morgan fingerprint density at radius 2 is 1.80 bits per heavy atom. The number of nitrogens with two attached hydrogens (primary N) is 1. The van der Waals surface area contributed by atoms with E-state index in [1.165, 1.54) is 11.1 Å². The number of benzene rings is 1. The number of hydrogen-bond donors (Lipinski definition) is 1. The Morgan fingerprint density at radius 3 is 2.30 bits per heavy atom. The van der Waals surface area contributed by atoms with Gasteiger partial charge in [-0.1, -0.05) is 38.1 Å². The van der Waals surface area contributed by atoms with Gasteiger partial charge < -0.3 is 10.6 Å². The van der Waals surface area contributed by atoms with Gasteiger partial charge in [0.2, 0.25) is 5.91 Å². The summed E-state index contributed by atoms with van der Waals surface area (Å²) in [5.41, 5.74) is 8.32. The SMILES string of the molecule is CCCN(CCC)C(=O)CC(CN)c1ccccc1C. The third-order valence-corrected chi connectivity index (χ3v) is 3.67. The highest BCUT2D eigenvalue weighted by atomic mass is 16.2. The monoisotopic (exact) mass is 276 g/mol. The molecule has 1 atom stereocenters. The van der Waals surface area contributed by atoms with Crippen molar-refractivity contribution in [1.82, 2.24) is 4.90 Å². The molecule has 1 amide bonds. The second-order valence-corrected chi connectivity index (χ2v) is 5.37. The molecule has 1 aromatic carbocycles. The maximum atomic E-state index is 12.4. The van der Waals surface area contributed by atoms with Crippen LogP contribution in [0.25, 0.3) is 0 Å². The molecular weight excluding hydrogens is 248 g/mol. The van der Waals surface area contributed by atoms with Crippen LogP contribution in [0.2, 0.25) is 0 Å². The molecule has 0 bridgehead atoms. The van der Waals surface area contributed by atoms with Crippen LogP contribution in [0.4, 0.5) is 0 Å². The molecule has 0 spiro atoms. The predicted molar refractivity (Wildman–Crippen MR) is 84.8 cm³/mol. The highest BCUT2D eigenvalue weighted by Crippen LogP contribution is 2.23. The van der Waals surface area contributed by atoms with Crippen molar-refractivity contribution >= 4 is 5.91 Å². The summed E-state index contributed by atoms with van der Waals surface area (Å²) in [7, 11) is 0. The minimum Gasteiger partial charge on any atom is -0.343 e. The lowest BCUT2D eigenvalue weighted by atomic mass is 9.91. The van der Waals surface area contributed by atoms with Crippen LogP contribution in [0.1, 0.15) is 50.2 Å². The van der Waals surface area contributed by atoms with E-state index in [2.05, 4.69) is 32.9 Å². The zero-order chi connectivity index (χ0) is 15.0. The number of amides is 1. The van der Waals surface area contributed by atoms with Gasteiger partial charge in [0.15, 0.2) is 0 Å². The molecular formula is C17H28N2O. The standard InChI is InChI=1S/C17H28N2O/c1-4-10-19(11-5-2)17(20)12-15(13-18)16-9-7-6-8-14(16)3/h6-9,15H,4-5,10-13,18H2,1-3H3. The zero-order valence-corrected chi connectivity index (χ0v) is 13.1. The Bertz CT molecular complexity index is 411. The second-order valence-electron chi connectivity index (χ2n) is 5.37. The van der Waals surface area contributed by atoms with Crippen molar-refractivity contribution in [2.24, 2.45) is 5.73 Å². The second kappa shape index (κ2) is 8.75. The first-order valence-electron chi connectivity index (χ1n) is 7.67. The van der Waals surface area contributed by atoms with Gasteiger partial charge in [-0.05, 0) is 37.4 Å². The van der Waals surface area contributed by atoms with Crippen LogP contribution in [0, 0.1) is 6.92 Å². The Labute approximate surface area is 123 Å². The molecule has 0 saturated heterocycles. The first-order valence-corrected chi connectivity index (χ1v) is 7.67. The molecule has 1 aromatic rings. The quantitative estimate of drug-likeness (QED) is 0.793. The van der Waals surface area contributed by atoms with Crippen molar-refractivity contribution < 1.29 is 4.79 Å². The summed E-state index contributed by atoms with van der Waals surface area (Å²) in [5, 5.41) is 0. The average molecular weight is 276 g/mol. The van der Waals surface area contributed by atoms with Gasteiger partial charge in [-0.2, -0.15) is 0 Å². The van der Waals surface area contributed by atoms with Gasteiger partial charge in [0, 0.05) is 25.4 Å². The number of nitrogens with zero attached hydrogens (tertiary/aromatic N) is 1. The molecule has 0 heterocycles. The fraction of sp³-hybridized carbons (Fsp3) is 0.588. The lowest BCUT2D eigenvalue weighted by molar-refractivity contribution is -0.131. The van der Waals surface area contributed by atoms with Gasteiger partial charge in [-0.25, -0.2) is 0 Å². The summed E-state index contributed by atoms with van der Waals surface area (Å²) in [5.74, 6) is 0.354. The molecule has 0 aromatic heterocycles. The smallest absolute Gasteiger partial charge is 0.223 e. The van der Waals surface area contributed by atoms with Crippen molar-refractivity contribution in [2.75, 3.05) is 19.6 Å². The topological polar surface area (TPSA) is 46.3 Å². The summed E-state index contributed by atoms with van der Waals surface area (Å²) in [6.07, 6.45) is 2.52. The van der Waals surface area contributed by atoms with Crippen molar-refractivity contribution in [3.63, 3.8) is 0 Å². The van der Waals surface area contributed by atoms with E-state index in [9.17, 15) is 4.79 Å². The van der Waals surface area contributed by atoms with Crippen LogP contribution in [-0.2, 0) is 4.79 Å². The summed E-state index contributed by atoms with van der Waals surface area (Å²) in [6, 6.07) is 8.21.